The van der Waals surface area contributed by atoms with Gasteiger partial charge in [0.25, 0.3) is 0 Å². The summed E-state index contributed by atoms with van der Waals surface area (Å²) in [5.41, 5.74) is 2.63. The number of nitrogens with one attached hydrogen (secondary N) is 2. The SMILES string of the molecule is CC(C)NCc1ccccc1N1CCN2C(=O)NCC2C1. The normalized spacial score (nSPS) is 21.7. The number of carbonyl (C=O) groups excluding carboxylic acids is 1. The maximum atomic E-state index is 11.7. The van der Waals surface area contributed by atoms with Gasteiger partial charge in [0.2, 0.25) is 0 Å². The minimum absolute atomic E-state index is 0.0920. The molecule has 2 aliphatic heterocycles. The predicted molar refractivity (Wildman–Crippen MR) is 84.5 cm³/mol. The molecule has 2 fully saturated rings. The molecule has 2 N–H and O–H groups in total. The lowest BCUT2D eigenvalue weighted by Crippen LogP contribution is -2.52. The summed E-state index contributed by atoms with van der Waals surface area (Å²) in [5, 5.41) is 6.43. The second kappa shape index (κ2) is 5.93. The van der Waals surface area contributed by atoms with E-state index >= 15 is 0 Å². The number of amides is 2. The summed E-state index contributed by atoms with van der Waals surface area (Å²) in [6.45, 7) is 8.61. The maximum absolute atomic E-state index is 11.7. The quantitative estimate of drug-likeness (QED) is 0.880. The topological polar surface area (TPSA) is 47.6 Å². The third kappa shape index (κ3) is 2.97. The van der Waals surface area contributed by atoms with E-state index in [9.17, 15) is 4.79 Å². The molecule has 5 heteroatoms. The lowest BCUT2D eigenvalue weighted by atomic mass is 10.1. The summed E-state index contributed by atoms with van der Waals surface area (Å²) in [6, 6.07) is 9.45. The van der Waals surface area contributed by atoms with Crippen molar-refractivity contribution in [2.75, 3.05) is 31.1 Å². The third-order valence-corrected chi connectivity index (χ3v) is 4.27. The molecule has 0 saturated carbocycles. The van der Waals surface area contributed by atoms with Crippen molar-refractivity contribution in [2.24, 2.45) is 0 Å². The van der Waals surface area contributed by atoms with Crippen LogP contribution in [0.15, 0.2) is 24.3 Å². The van der Waals surface area contributed by atoms with Crippen molar-refractivity contribution in [2.45, 2.75) is 32.5 Å². The summed E-state index contributed by atoms with van der Waals surface area (Å²) < 4.78 is 0. The maximum Gasteiger partial charge on any atom is 0.317 e. The number of para-hydroxylation sites is 1. The van der Waals surface area contributed by atoms with Gasteiger partial charge >= 0.3 is 6.03 Å². The third-order valence-electron chi connectivity index (χ3n) is 4.27. The number of fused-ring (bicyclic) bond motifs is 1. The number of hydrogen-bond donors (Lipinski definition) is 2. The zero-order chi connectivity index (χ0) is 14.8. The van der Waals surface area contributed by atoms with Crippen molar-refractivity contribution in [1.29, 1.82) is 0 Å². The Balaban J connectivity index is 1.73. The Hall–Kier alpha value is -1.75. The molecule has 21 heavy (non-hydrogen) atoms. The molecule has 1 aromatic rings. The highest BCUT2D eigenvalue weighted by molar-refractivity contribution is 5.77. The summed E-state index contributed by atoms with van der Waals surface area (Å²) in [6.07, 6.45) is 0. The van der Waals surface area contributed by atoms with Crippen LogP contribution in [0.3, 0.4) is 0 Å². The number of rotatable bonds is 4. The van der Waals surface area contributed by atoms with E-state index < -0.39 is 0 Å². The zero-order valence-corrected chi connectivity index (χ0v) is 12.8. The van der Waals surface area contributed by atoms with Crippen LogP contribution in [-0.4, -0.2) is 49.2 Å². The molecule has 114 valence electrons. The largest absolute Gasteiger partial charge is 0.367 e. The van der Waals surface area contributed by atoms with Crippen LogP contribution in [0.2, 0.25) is 0 Å². The standard InChI is InChI=1S/C16H24N4O/c1-12(2)17-9-13-5-3-4-6-15(13)19-7-8-20-14(11-19)10-18-16(20)21/h3-6,12,14,17H,7-11H2,1-2H3,(H,18,21). The Bertz CT molecular complexity index is 517. The molecule has 5 nitrogen and oxygen atoms in total. The van der Waals surface area contributed by atoms with Gasteiger partial charge in [0, 0.05) is 44.5 Å². The van der Waals surface area contributed by atoms with Gasteiger partial charge in [0.1, 0.15) is 0 Å². The first kappa shape index (κ1) is 14.2. The summed E-state index contributed by atoms with van der Waals surface area (Å²) in [4.78, 5) is 16.1. The molecule has 1 unspecified atom stereocenters. The Labute approximate surface area is 126 Å². The summed E-state index contributed by atoms with van der Waals surface area (Å²) >= 11 is 0. The molecule has 0 spiro atoms. The molecule has 2 aliphatic rings. The minimum atomic E-state index is 0.0920. The molecule has 3 rings (SSSR count). The Kier molecular flexibility index (Phi) is 4.01. The molecule has 1 aromatic carbocycles. The molecule has 2 saturated heterocycles. The molecule has 1 atom stereocenters. The fourth-order valence-corrected chi connectivity index (χ4v) is 3.11. The van der Waals surface area contributed by atoms with Crippen LogP contribution in [-0.2, 0) is 6.54 Å². The molecular formula is C16H24N4O. The van der Waals surface area contributed by atoms with Crippen molar-refractivity contribution in [3.63, 3.8) is 0 Å². The average Bonchev–Trinajstić information content (AvgIpc) is 2.86. The number of hydrogen-bond acceptors (Lipinski definition) is 3. The number of nitrogens with zero attached hydrogens (tertiary/aromatic N) is 2. The highest BCUT2D eigenvalue weighted by atomic mass is 16.2. The van der Waals surface area contributed by atoms with E-state index in [-0.39, 0.29) is 6.03 Å². The highest BCUT2D eigenvalue weighted by Gasteiger charge is 2.35. The number of benzene rings is 1. The van der Waals surface area contributed by atoms with Crippen molar-refractivity contribution in [3.05, 3.63) is 29.8 Å². The molecule has 0 radical (unpaired) electrons. The van der Waals surface area contributed by atoms with Crippen molar-refractivity contribution in [1.82, 2.24) is 15.5 Å². The number of piperazine rings is 1. The van der Waals surface area contributed by atoms with Crippen LogP contribution >= 0.6 is 0 Å². The van der Waals surface area contributed by atoms with Crippen LogP contribution < -0.4 is 15.5 Å². The van der Waals surface area contributed by atoms with Crippen molar-refractivity contribution in [3.8, 4) is 0 Å². The van der Waals surface area contributed by atoms with E-state index in [2.05, 4.69) is 53.6 Å². The highest BCUT2D eigenvalue weighted by Crippen LogP contribution is 2.25. The monoisotopic (exact) mass is 288 g/mol. The minimum Gasteiger partial charge on any atom is -0.367 e. The predicted octanol–water partition coefficient (Wildman–Crippen LogP) is 1.40. The lowest BCUT2D eigenvalue weighted by Gasteiger charge is -2.38. The van der Waals surface area contributed by atoms with Crippen molar-refractivity contribution < 1.29 is 4.79 Å². The first-order valence-corrected chi connectivity index (χ1v) is 7.76. The first-order chi connectivity index (χ1) is 10.1. The van der Waals surface area contributed by atoms with Crippen LogP contribution in [0.4, 0.5) is 10.5 Å². The van der Waals surface area contributed by atoms with E-state index in [0.717, 1.165) is 32.7 Å². The summed E-state index contributed by atoms with van der Waals surface area (Å²) in [5.74, 6) is 0. The number of anilines is 1. The second-order valence-electron chi connectivity index (χ2n) is 6.14. The Morgan fingerprint density at radius 2 is 2.14 bits per heavy atom. The molecule has 2 amide bonds. The Morgan fingerprint density at radius 3 is 2.95 bits per heavy atom. The van der Waals surface area contributed by atoms with Gasteiger partial charge in [0.05, 0.1) is 6.04 Å². The van der Waals surface area contributed by atoms with Gasteiger partial charge in [0.15, 0.2) is 0 Å². The fourth-order valence-electron chi connectivity index (χ4n) is 3.11. The van der Waals surface area contributed by atoms with E-state index in [1.54, 1.807) is 0 Å². The van der Waals surface area contributed by atoms with Gasteiger partial charge in [-0.15, -0.1) is 0 Å². The lowest BCUT2D eigenvalue weighted by molar-refractivity contribution is 0.197. The fraction of sp³-hybridized carbons (Fsp3) is 0.562. The van der Waals surface area contributed by atoms with E-state index in [1.165, 1.54) is 11.3 Å². The van der Waals surface area contributed by atoms with Crippen molar-refractivity contribution >= 4 is 11.7 Å². The van der Waals surface area contributed by atoms with Crippen LogP contribution in [0.25, 0.3) is 0 Å². The van der Waals surface area contributed by atoms with Crippen LogP contribution in [0.5, 0.6) is 0 Å². The smallest absolute Gasteiger partial charge is 0.317 e. The van der Waals surface area contributed by atoms with Crippen LogP contribution in [0.1, 0.15) is 19.4 Å². The van der Waals surface area contributed by atoms with E-state index in [0.29, 0.717) is 12.1 Å². The van der Waals surface area contributed by atoms with Gasteiger partial charge in [-0.3, -0.25) is 0 Å². The van der Waals surface area contributed by atoms with E-state index in [4.69, 9.17) is 0 Å². The van der Waals surface area contributed by atoms with Crippen LogP contribution in [0, 0.1) is 0 Å². The van der Waals surface area contributed by atoms with Gasteiger partial charge in [-0.25, -0.2) is 4.79 Å². The molecule has 2 heterocycles. The molecule has 0 aliphatic carbocycles. The average molecular weight is 288 g/mol. The first-order valence-electron chi connectivity index (χ1n) is 7.76. The number of carbonyl (C=O) groups is 1. The number of urea groups is 1. The Morgan fingerprint density at radius 1 is 1.33 bits per heavy atom. The van der Waals surface area contributed by atoms with Gasteiger partial charge < -0.3 is 20.4 Å². The van der Waals surface area contributed by atoms with Gasteiger partial charge in [-0.1, -0.05) is 32.0 Å². The van der Waals surface area contributed by atoms with Gasteiger partial charge in [-0.2, -0.15) is 0 Å². The zero-order valence-electron chi connectivity index (χ0n) is 12.8. The summed E-state index contributed by atoms with van der Waals surface area (Å²) in [7, 11) is 0. The second-order valence-corrected chi connectivity index (χ2v) is 6.14. The molecule has 0 bridgehead atoms. The molecular weight excluding hydrogens is 264 g/mol. The molecule has 0 aromatic heterocycles. The van der Waals surface area contributed by atoms with E-state index in [1.807, 2.05) is 4.90 Å². The van der Waals surface area contributed by atoms with Gasteiger partial charge in [-0.05, 0) is 11.6 Å².